The summed E-state index contributed by atoms with van der Waals surface area (Å²) in [5, 5.41) is 0. The highest BCUT2D eigenvalue weighted by Gasteiger charge is 2.44. The Hall–Kier alpha value is -0.350. The van der Waals surface area contributed by atoms with Crippen LogP contribution >= 0.6 is 0 Å². The van der Waals surface area contributed by atoms with E-state index >= 15 is 0 Å². The lowest BCUT2D eigenvalue weighted by atomic mass is 9.77. The van der Waals surface area contributed by atoms with Crippen molar-refractivity contribution in [2.75, 3.05) is 25.6 Å². The number of hydrogen-bond donors (Lipinski definition) is 0. The molecular formula is C11H19NO2S. The van der Waals surface area contributed by atoms with Gasteiger partial charge in [-0.2, -0.15) is 0 Å². The summed E-state index contributed by atoms with van der Waals surface area (Å²) >= 11 is 0. The second-order valence-corrected chi connectivity index (χ2v) is 7.03. The first-order valence-corrected chi connectivity index (χ1v) is 7.36. The molecule has 1 aliphatic heterocycles. The van der Waals surface area contributed by atoms with Crippen molar-refractivity contribution in [3.8, 4) is 0 Å². The molecule has 0 spiro atoms. The summed E-state index contributed by atoms with van der Waals surface area (Å²) in [5.74, 6) is 0.566. The molecule has 86 valence electrons. The average Bonchev–Trinajstić information content (AvgIpc) is 2.15. The van der Waals surface area contributed by atoms with Gasteiger partial charge in [-0.15, -0.1) is 0 Å². The lowest BCUT2D eigenvalue weighted by Crippen LogP contribution is -2.54. The topological polar surface area (TPSA) is 37.4 Å². The van der Waals surface area contributed by atoms with Gasteiger partial charge in [0, 0.05) is 0 Å². The van der Waals surface area contributed by atoms with E-state index in [1.807, 2.05) is 20.2 Å². The molecule has 1 atom stereocenters. The summed E-state index contributed by atoms with van der Waals surface area (Å²) in [6.45, 7) is 0. The van der Waals surface area contributed by atoms with E-state index in [2.05, 4.69) is 4.90 Å². The minimum atomic E-state index is -2.87. The third-order valence-corrected chi connectivity index (χ3v) is 5.37. The Labute approximate surface area is 92.1 Å². The molecule has 4 heteroatoms. The van der Waals surface area contributed by atoms with Crippen LogP contribution in [0.4, 0.5) is 0 Å². The average molecular weight is 229 g/mol. The summed E-state index contributed by atoms with van der Waals surface area (Å²) < 4.78 is 23.5. The van der Waals surface area contributed by atoms with E-state index in [4.69, 9.17) is 0 Å². The third-order valence-electron chi connectivity index (χ3n) is 3.78. The van der Waals surface area contributed by atoms with Gasteiger partial charge in [-0.3, -0.25) is 4.90 Å². The Morgan fingerprint density at radius 3 is 2.73 bits per heavy atom. The maximum absolute atomic E-state index is 11.7. The van der Waals surface area contributed by atoms with Crippen LogP contribution in [0.2, 0.25) is 0 Å². The molecule has 1 fully saturated rings. The van der Waals surface area contributed by atoms with E-state index in [9.17, 15) is 8.42 Å². The van der Waals surface area contributed by atoms with Crippen molar-refractivity contribution in [1.29, 1.82) is 0 Å². The number of likely N-dealkylation sites (N-methyl/N-ethyl adjacent to an activating group) is 1. The second-order valence-electron chi connectivity index (χ2n) is 4.92. The summed E-state index contributed by atoms with van der Waals surface area (Å²) in [6.07, 6.45) is 6.38. The highest BCUT2D eigenvalue weighted by Crippen LogP contribution is 2.40. The molecule has 0 unspecified atom stereocenters. The maximum Gasteiger partial charge on any atom is 0.156 e. The first-order chi connectivity index (χ1) is 6.96. The number of hydrogen-bond acceptors (Lipinski definition) is 3. The van der Waals surface area contributed by atoms with Gasteiger partial charge >= 0.3 is 0 Å². The maximum atomic E-state index is 11.7. The molecule has 2 aliphatic rings. The van der Waals surface area contributed by atoms with Crippen LogP contribution in [0.1, 0.15) is 25.7 Å². The van der Waals surface area contributed by atoms with Crippen LogP contribution in [0.15, 0.2) is 11.6 Å². The van der Waals surface area contributed by atoms with Crippen molar-refractivity contribution < 1.29 is 8.42 Å². The number of rotatable bonds is 1. The van der Waals surface area contributed by atoms with Crippen molar-refractivity contribution in [3.63, 3.8) is 0 Å². The van der Waals surface area contributed by atoms with E-state index in [-0.39, 0.29) is 11.3 Å². The van der Waals surface area contributed by atoms with E-state index in [0.717, 1.165) is 19.3 Å². The fraction of sp³-hybridized carbons (Fsp3) is 0.818. The Kier molecular flexibility index (Phi) is 2.67. The molecule has 1 aliphatic carbocycles. The predicted octanol–water partition coefficient (Wildman–Crippen LogP) is 1.22. The Morgan fingerprint density at radius 1 is 1.33 bits per heavy atom. The molecule has 0 bridgehead atoms. The monoisotopic (exact) mass is 229 g/mol. The van der Waals surface area contributed by atoms with Crippen molar-refractivity contribution in [2.24, 2.45) is 0 Å². The normalized spacial score (nSPS) is 34.7. The van der Waals surface area contributed by atoms with Crippen LogP contribution in [0.25, 0.3) is 0 Å². The van der Waals surface area contributed by atoms with E-state index in [0.29, 0.717) is 5.75 Å². The van der Waals surface area contributed by atoms with Gasteiger partial charge in [-0.05, 0) is 33.4 Å². The molecule has 0 N–H and O–H groups in total. The highest BCUT2D eigenvalue weighted by atomic mass is 32.2. The molecule has 0 aromatic rings. The van der Waals surface area contributed by atoms with E-state index in [1.165, 1.54) is 12.0 Å². The standard InChI is InChI=1S/C11H19NO2S/c1-12(2)11-7-4-3-5-10(11)6-8-15(13,14)9-11/h6H,3-5,7-9H2,1-2H3/t11-/m0/s1. The van der Waals surface area contributed by atoms with Gasteiger partial charge in [0.1, 0.15) is 0 Å². The van der Waals surface area contributed by atoms with Crippen LogP contribution in [0, 0.1) is 0 Å². The van der Waals surface area contributed by atoms with Crippen LogP contribution in [0.5, 0.6) is 0 Å². The molecule has 0 amide bonds. The molecule has 1 heterocycles. The zero-order chi connectivity index (χ0) is 11.1. The van der Waals surface area contributed by atoms with Crippen LogP contribution in [0.3, 0.4) is 0 Å². The molecule has 3 nitrogen and oxygen atoms in total. The van der Waals surface area contributed by atoms with Crippen molar-refractivity contribution in [2.45, 2.75) is 31.2 Å². The van der Waals surface area contributed by atoms with Gasteiger partial charge < -0.3 is 0 Å². The van der Waals surface area contributed by atoms with Gasteiger partial charge in [0.15, 0.2) is 9.84 Å². The first-order valence-electron chi connectivity index (χ1n) is 5.54. The fourth-order valence-corrected chi connectivity index (χ4v) is 4.76. The largest absolute Gasteiger partial charge is 0.299 e. The zero-order valence-corrected chi connectivity index (χ0v) is 10.3. The van der Waals surface area contributed by atoms with Gasteiger partial charge in [0.2, 0.25) is 0 Å². The van der Waals surface area contributed by atoms with Gasteiger partial charge in [-0.1, -0.05) is 18.1 Å². The molecule has 0 aromatic heterocycles. The summed E-state index contributed by atoms with van der Waals surface area (Å²) in [5.41, 5.74) is 1.17. The van der Waals surface area contributed by atoms with Crippen LogP contribution in [-0.4, -0.2) is 44.5 Å². The Bertz CT molecular complexity index is 383. The Balaban J connectivity index is 2.44. The number of sulfone groups is 1. The molecule has 15 heavy (non-hydrogen) atoms. The molecule has 2 rings (SSSR count). The number of fused-ring (bicyclic) bond motifs is 1. The van der Waals surface area contributed by atoms with Gasteiger partial charge in [-0.25, -0.2) is 8.42 Å². The summed E-state index contributed by atoms with van der Waals surface area (Å²) in [6, 6.07) is 0. The SMILES string of the molecule is CN(C)[C@]12CCCCC1=CCS(=O)(=O)C2. The predicted molar refractivity (Wildman–Crippen MR) is 61.6 cm³/mol. The minimum absolute atomic E-state index is 0.185. The fourth-order valence-electron chi connectivity index (χ4n) is 2.87. The lowest BCUT2D eigenvalue weighted by Gasteiger charge is -2.46. The van der Waals surface area contributed by atoms with Crippen LogP contribution < -0.4 is 0 Å². The molecule has 0 saturated heterocycles. The molecular weight excluding hydrogens is 210 g/mol. The lowest BCUT2D eigenvalue weighted by molar-refractivity contribution is 0.176. The second kappa shape index (κ2) is 3.59. The van der Waals surface area contributed by atoms with Gasteiger partial charge in [0.05, 0.1) is 17.0 Å². The Morgan fingerprint density at radius 2 is 2.07 bits per heavy atom. The van der Waals surface area contributed by atoms with E-state index in [1.54, 1.807) is 0 Å². The van der Waals surface area contributed by atoms with Crippen molar-refractivity contribution in [3.05, 3.63) is 11.6 Å². The molecule has 0 aromatic carbocycles. The summed E-state index contributed by atoms with van der Waals surface area (Å²) in [7, 11) is 1.13. The van der Waals surface area contributed by atoms with Crippen molar-refractivity contribution in [1.82, 2.24) is 4.90 Å². The van der Waals surface area contributed by atoms with E-state index < -0.39 is 9.84 Å². The van der Waals surface area contributed by atoms with Crippen molar-refractivity contribution >= 4 is 9.84 Å². The van der Waals surface area contributed by atoms with Gasteiger partial charge in [0.25, 0.3) is 0 Å². The van der Waals surface area contributed by atoms with Crippen LogP contribution in [-0.2, 0) is 9.84 Å². The number of nitrogens with zero attached hydrogens (tertiary/aromatic N) is 1. The third kappa shape index (κ3) is 1.85. The smallest absolute Gasteiger partial charge is 0.156 e. The zero-order valence-electron chi connectivity index (χ0n) is 9.49. The molecule has 0 radical (unpaired) electrons. The quantitative estimate of drug-likeness (QED) is 0.634. The summed E-state index contributed by atoms with van der Waals surface area (Å²) in [4.78, 5) is 2.11. The highest BCUT2D eigenvalue weighted by molar-refractivity contribution is 7.91. The minimum Gasteiger partial charge on any atom is -0.299 e. The first kappa shape index (κ1) is 11.1. The molecule has 1 saturated carbocycles.